The number of aromatic nitrogens is 2. The number of nitrogens with one attached hydrogen (secondary N) is 1. The zero-order valence-electron chi connectivity index (χ0n) is 9.18. The number of hydrogen-bond acceptors (Lipinski definition) is 7. The maximum atomic E-state index is 11.0. The molecule has 0 radical (unpaired) electrons. The maximum Gasteiger partial charge on any atom is 0.270 e. The van der Waals surface area contributed by atoms with Gasteiger partial charge < -0.3 is 35.5 Å². The van der Waals surface area contributed by atoms with Gasteiger partial charge in [-0.25, -0.2) is 4.98 Å². The van der Waals surface area contributed by atoms with Gasteiger partial charge in [-0.05, 0) is 0 Å². The number of ether oxygens (including phenoxy) is 2. The number of aromatic amines is 1. The van der Waals surface area contributed by atoms with Crippen molar-refractivity contribution in [1.29, 1.82) is 0 Å². The van der Waals surface area contributed by atoms with Gasteiger partial charge in [-0.3, -0.25) is 4.79 Å². The lowest BCUT2D eigenvalue weighted by Crippen LogP contribution is -2.54. The van der Waals surface area contributed by atoms with Gasteiger partial charge in [0.2, 0.25) is 12.2 Å². The molecule has 6 N–H and O–H groups in total. The van der Waals surface area contributed by atoms with Crippen LogP contribution in [-0.4, -0.2) is 62.4 Å². The van der Waals surface area contributed by atoms with Gasteiger partial charge in [0.15, 0.2) is 5.69 Å². The van der Waals surface area contributed by atoms with E-state index >= 15 is 0 Å². The van der Waals surface area contributed by atoms with Crippen LogP contribution in [0.2, 0.25) is 0 Å². The number of hydrogen-bond donors (Lipinski definition) is 5. The van der Waals surface area contributed by atoms with Crippen molar-refractivity contribution in [3.63, 3.8) is 0 Å². The lowest BCUT2D eigenvalue weighted by molar-refractivity contribution is -0.242. The highest BCUT2D eigenvalue weighted by Crippen LogP contribution is 2.20. The Labute approximate surface area is 101 Å². The highest BCUT2D eigenvalue weighted by Gasteiger charge is 2.39. The molecule has 0 spiro atoms. The number of aliphatic hydroxyl groups excluding tert-OH is 3. The summed E-state index contributed by atoms with van der Waals surface area (Å²) in [5, 5.41) is 28.3. The van der Waals surface area contributed by atoms with Crippen LogP contribution in [-0.2, 0) is 4.74 Å². The van der Waals surface area contributed by atoms with Crippen LogP contribution in [0.4, 0.5) is 0 Å². The molecule has 1 saturated heterocycles. The van der Waals surface area contributed by atoms with Crippen LogP contribution in [0, 0.1) is 0 Å². The minimum absolute atomic E-state index is 0.0774. The average molecular weight is 259 g/mol. The van der Waals surface area contributed by atoms with Crippen molar-refractivity contribution in [2.24, 2.45) is 5.73 Å². The van der Waals surface area contributed by atoms with Crippen LogP contribution in [0.25, 0.3) is 0 Å². The summed E-state index contributed by atoms with van der Waals surface area (Å²) in [5.41, 5.74) is 4.99. The largest absolute Gasteiger partial charge is 0.443 e. The summed E-state index contributed by atoms with van der Waals surface area (Å²) >= 11 is 0. The van der Waals surface area contributed by atoms with Crippen LogP contribution in [0.15, 0.2) is 6.33 Å². The van der Waals surface area contributed by atoms with Gasteiger partial charge in [-0.2, -0.15) is 0 Å². The molecule has 18 heavy (non-hydrogen) atoms. The predicted octanol–water partition coefficient (Wildman–Crippen LogP) is -2.67. The third kappa shape index (κ3) is 2.29. The second-order valence-corrected chi connectivity index (χ2v) is 3.82. The Morgan fingerprint density at radius 1 is 1.50 bits per heavy atom. The standard InChI is InChI=1S/C9H13N3O6/c10-7(16)4-8(12-2-11-4)18-9-6(15)5(14)3(13)1-17-9/h2-3,5-6,9,13-15H,1H2,(H2,10,16)(H,11,12)/t3-,5-,6+,9+/m1/s1. The summed E-state index contributed by atoms with van der Waals surface area (Å²) in [7, 11) is 0. The molecule has 1 aromatic rings. The van der Waals surface area contributed by atoms with Gasteiger partial charge in [0, 0.05) is 0 Å². The first kappa shape index (κ1) is 12.8. The molecule has 1 amide bonds. The van der Waals surface area contributed by atoms with Gasteiger partial charge in [0.05, 0.1) is 12.9 Å². The fourth-order valence-electron chi connectivity index (χ4n) is 1.54. The minimum atomic E-state index is -1.47. The van der Waals surface area contributed by atoms with Crippen LogP contribution >= 0.6 is 0 Å². The summed E-state index contributed by atoms with van der Waals surface area (Å²) in [4.78, 5) is 17.2. The van der Waals surface area contributed by atoms with Crippen LogP contribution < -0.4 is 10.5 Å². The highest BCUT2D eigenvalue weighted by molar-refractivity contribution is 5.93. The SMILES string of the molecule is NC(=O)c1[nH]cnc1O[C@@H]1OC[C@@H](O)[C@@H](O)[C@@H]1O. The Morgan fingerprint density at radius 2 is 2.22 bits per heavy atom. The van der Waals surface area contributed by atoms with E-state index in [1.807, 2.05) is 0 Å². The number of carbonyl (C=O) groups is 1. The van der Waals surface area contributed by atoms with Crippen LogP contribution in [0.3, 0.4) is 0 Å². The third-order valence-electron chi connectivity index (χ3n) is 2.53. The van der Waals surface area contributed by atoms with E-state index in [0.29, 0.717) is 0 Å². The lowest BCUT2D eigenvalue weighted by Gasteiger charge is -2.34. The van der Waals surface area contributed by atoms with E-state index in [0.717, 1.165) is 0 Å². The summed E-state index contributed by atoms with van der Waals surface area (Å²) in [6, 6.07) is 0. The van der Waals surface area contributed by atoms with Gasteiger partial charge in [0.1, 0.15) is 18.3 Å². The molecule has 0 saturated carbocycles. The van der Waals surface area contributed by atoms with Gasteiger partial charge >= 0.3 is 0 Å². The van der Waals surface area contributed by atoms with Crippen molar-refractivity contribution >= 4 is 5.91 Å². The van der Waals surface area contributed by atoms with E-state index in [1.54, 1.807) is 0 Å². The molecule has 1 aliphatic rings. The monoisotopic (exact) mass is 259 g/mol. The molecule has 2 rings (SSSR count). The Kier molecular flexibility index (Phi) is 3.48. The van der Waals surface area contributed by atoms with E-state index in [1.165, 1.54) is 6.33 Å². The van der Waals surface area contributed by atoms with Crippen molar-refractivity contribution in [2.75, 3.05) is 6.61 Å². The zero-order valence-corrected chi connectivity index (χ0v) is 9.18. The number of primary amides is 1. The van der Waals surface area contributed by atoms with Crippen LogP contribution in [0.5, 0.6) is 5.88 Å². The van der Waals surface area contributed by atoms with Crippen LogP contribution in [0.1, 0.15) is 10.5 Å². The molecular formula is C9H13N3O6. The van der Waals surface area contributed by atoms with Gasteiger partial charge in [-0.1, -0.05) is 0 Å². The van der Waals surface area contributed by atoms with Crippen molar-refractivity contribution < 1.29 is 29.6 Å². The summed E-state index contributed by atoms with van der Waals surface area (Å²) in [5.74, 6) is -0.927. The number of imidazole rings is 1. The van der Waals surface area contributed by atoms with E-state index in [-0.39, 0.29) is 18.2 Å². The predicted molar refractivity (Wildman–Crippen MR) is 55.5 cm³/mol. The van der Waals surface area contributed by atoms with Gasteiger partial charge in [0.25, 0.3) is 5.91 Å². The number of aliphatic hydroxyl groups is 3. The topological polar surface area (TPSA) is 151 Å². The Balaban J connectivity index is 2.09. The van der Waals surface area contributed by atoms with E-state index in [4.69, 9.17) is 15.2 Å². The second-order valence-electron chi connectivity index (χ2n) is 3.82. The summed E-state index contributed by atoms with van der Waals surface area (Å²) < 4.78 is 10.1. The number of amides is 1. The van der Waals surface area contributed by atoms with Crippen molar-refractivity contribution in [3.05, 3.63) is 12.0 Å². The lowest BCUT2D eigenvalue weighted by atomic mass is 10.1. The quantitative estimate of drug-likeness (QED) is 0.397. The molecule has 1 aliphatic heterocycles. The first-order chi connectivity index (χ1) is 8.50. The Morgan fingerprint density at radius 3 is 2.89 bits per heavy atom. The smallest absolute Gasteiger partial charge is 0.270 e. The molecule has 0 bridgehead atoms. The van der Waals surface area contributed by atoms with Crippen molar-refractivity contribution in [2.45, 2.75) is 24.6 Å². The maximum absolute atomic E-state index is 11.0. The molecule has 0 aromatic carbocycles. The molecule has 4 atom stereocenters. The Hall–Kier alpha value is -1.68. The third-order valence-corrected chi connectivity index (χ3v) is 2.53. The minimum Gasteiger partial charge on any atom is -0.443 e. The summed E-state index contributed by atoms with van der Waals surface area (Å²) in [6.07, 6.45) is -4.12. The summed E-state index contributed by atoms with van der Waals surface area (Å²) in [6.45, 7) is -0.209. The molecule has 0 aliphatic carbocycles. The zero-order chi connectivity index (χ0) is 13.3. The number of nitrogens with zero attached hydrogens (tertiary/aromatic N) is 1. The average Bonchev–Trinajstić information content (AvgIpc) is 2.78. The first-order valence-electron chi connectivity index (χ1n) is 5.16. The number of rotatable bonds is 3. The fraction of sp³-hybridized carbons (Fsp3) is 0.556. The Bertz CT molecular complexity index is 436. The van der Waals surface area contributed by atoms with E-state index in [9.17, 15) is 20.1 Å². The highest BCUT2D eigenvalue weighted by atomic mass is 16.7. The van der Waals surface area contributed by atoms with Crippen molar-refractivity contribution in [1.82, 2.24) is 9.97 Å². The van der Waals surface area contributed by atoms with E-state index in [2.05, 4.69) is 9.97 Å². The molecule has 1 aromatic heterocycles. The molecule has 2 heterocycles. The second kappa shape index (κ2) is 4.90. The fourth-order valence-corrected chi connectivity index (χ4v) is 1.54. The van der Waals surface area contributed by atoms with Crippen molar-refractivity contribution in [3.8, 4) is 5.88 Å². The molecule has 100 valence electrons. The number of nitrogens with two attached hydrogens (primary N) is 1. The van der Waals surface area contributed by atoms with E-state index < -0.39 is 30.5 Å². The molecule has 1 fully saturated rings. The molecular weight excluding hydrogens is 246 g/mol. The normalized spacial score (nSPS) is 32.2. The van der Waals surface area contributed by atoms with Gasteiger partial charge in [-0.15, -0.1) is 0 Å². The first-order valence-corrected chi connectivity index (χ1v) is 5.16. The molecule has 0 unspecified atom stereocenters. The molecule has 9 nitrogen and oxygen atoms in total. The number of H-pyrrole nitrogens is 1. The number of carbonyl (C=O) groups excluding carboxylic acids is 1. The molecule has 9 heteroatoms.